The first kappa shape index (κ1) is 9.68. The molecule has 0 amide bonds. The number of carbonyl (C=O) groups is 1. The van der Waals surface area contributed by atoms with Crippen LogP contribution in [0.5, 0.6) is 0 Å². The molecule has 0 radical (unpaired) electrons. The summed E-state index contributed by atoms with van der Waals surface area (Å²) in [4.78, 5) is 11.4. The van der Waals surface area contributed by atoms with Crippen LogP contribution in [0.4, 0.5) is 0 Å². The Labute approximate surface area is 91.1 Å². The van der Waals surface area contributed by atoms with Gasteiger partial charge >= 0.3 is 5.97 Å². The van der Waals surface area contributed by atoms with Crippen LogP contribution in [-0.4, -0.2) is 11.1 Å². The van der Waals surface area contributed by atoms with Crippen molar-refractivity contribution in [3.05, 3.63) is 0 Å². The van der Waals surface area contributed by atoms with Gasteiger partial charge in [0.15, 0.2) is 0 Å². The highest BCUT2D eigenvalue weighted by molar-refractivity contribution is 5.78. The van der Waals surface area contributed by atoms with Crippen LogP contribution >= 0.6 is 0 Å². The van der Waals surface area contributed by atoms with E-state index in [1.165, 1.54) is 19.3 Å². The molecule has 84 valence electrons. The molecule has 4 saturated carbocycles. The SMILES string of the molecule is CC1(C)[C@H]2CCC(C3(C(=O)O)CC3)[C@@H]1C2. The molecule has 0 aromatic carbocycles. The van der Waals surface area contributed by atoms with Crippen LogP contribution < -0.4 is 0 Å². The fourth-order valence-corrected chi connectivity index (χ4v) is 4.35. The molecule has 2 heteroatoms. The average Bonchev–Trinajstić information content (AvgIpc) is 2.98. The van der Waals surface area contributed by atoms with Crippen LogP contribution in [0.2, 0.25) is 0 Å². The van der Waals surface area contributed by atoms with Crippen LogP contribution in [-0.2, 0) is 4.79 Å². The first-order chi connectivity index (χ1) is 6.98. The number of carboxylic acid groups (broad SMARTS) is 1. The molecule has 0 aromatic rings. The van der Waals surface area contributed by atoms with Crippen LogP contribution in [0.3, 0.4) is 0 Å². The monoisotopic (exact) mass is 208 g/mol. The molecule has 3 atom stereocenters. The zero-order valence-electron chi connectivity index (χ0n) is 9.62. The Bertz CT molecular complexity index is 312. The second-order valence-corrected chi connectivity index (χ2v) is 6.51. The van der Waals surface area contributed by atoms with E-state index in [1.807, 2.05) is 0 Å². The fourth-order valence-electron chi connectivity index (χ4n) is 4.35. The molecule has 0 aromatic heterocycles. The third-order valence-electron chi connectivity index (χ3n) is 5.78. The zero-order valence-corrected chi connectivity index (χ0v) is 9.62. The van der Waals surface area contributed by atoms with E-state index in [9.17, 15) is 9.90 Å². The largest absolute Gasteiger partial charge is 0.481 e. The van der Waals surface area contributed by atoms with E-state index in [4.69, 9.17) is 0 Å². The van der Waals surface area contributed by atoms with Crippen molar-refractivity contribution >= 4 is 5.97 Å². The number of fused-ring (bicyclic) bond motifs is 2. The normalized spacial score (nSPS) is 44.3. The molecule has 15 heavy (non-hydrogen) atoms. The first-order valence-electron chi connectivity index (χ1n) is 6.22. The Balaban J connectivity index is 1.86. The van der Waals surface area contributed by atoms with Gasteiger partial charge in [-0.3, -0.25) is 4.79 Å². The van der Waals surface area contributed by atoms with Crippen molar-refractivity contribution in [3.63, 3.8) is 0 Å². The summed E-state index contributed by atoms with van der Waals surface area (Å²) >= 11 is 0. The van der Waals surface area contributed by atoms with E-state index in [0.717, 1.165) is 18.8 Å². The van der Waals surface area contributed by atoms with Crippen LogP contribution in [0, 0.1) is 28.6 Å². The summed E-state index contributed by atoms with van der Waals surface area (Å²) in [6.07, 6.45) is 5.61. The fraction of sp³-hybridized carbons (Fsp3) is 0.923. The molecule has 4 aliphatic carbocycles. The lowest BCUT2D eigenvalue weighted by molar-refractivity contribution is -0.162. The highest BCUT2D eigenvalue weighted by Crippen LogP contribution is 2.69. The molecular weight excluding hydrogens is 188 g/mol. The van der Waals surface area contributed by atoms with Crippen molar-refractivity contribution in [2.24, 2.45) is 28.6 Å². The van der Waals surface area contributed by atoms with Gasteiger partial charge < -0.3 is 5.11 Å². The zero-order chi connectivity index (χ0) is 10.8. The molecule has 0 spiro atoms. The smallest absolute Gasteiger partial charge is 0.309 e. The van der Waals surface area contributed by atoms with E-state index in [1.54, 1.807) is 0 Å². The second-order valence-electron chi connectivity index (χ2n) is 6.51. The van der Waals surface area contributed by atoms with Gasteiger partial charge in [-0.25, -0.2) is 0 Å². The van der Waals surface area contributed by atoms with E-state index in [-0.39, 0.29) is 5.41 Å². The quantitative estimate of drug-likeness (QED) is 0.757. The standard InChI is InChI=1S/C13H20O2/c1-12(2)8-3-4-9(10(12)7-8)13(5-6-13)11(14)15/h8-10H,3-7H2,1-2H3,(H,14,15)/t8-,9?,10-/m0/s1. The second kappa shape index (κ2) is 2.58. The van der Waals surface area contributed by atoms with Crippen molar-refractivity contribution in [3.8, 4) is 0 Å². The van der Waals surface area contributed by atoms with E-state index in [2.05, 4.69) is 13.8 Å². The highest BCUT2D eigenvalue weighted by atomic mass is 16.4. The third kappa shape index (κ3) is 1.03. The van der Waals surface area contributed by atoms with Crippen molar-refractivity contribution in [2.45, 2.75) is 46.0 Å². The molecule has 2 bridgehead atoms. The van der Waals surface area contributed by atoms with Crippen LogP contribution in [0.25, 0.3) is 0 Å². The van der Waals surface area contributed by atoms with Gasteiger partial charge in [-0.15, -0.1) is 0 Å². The Morgan fingerprint density at radius 1 is 1.20 bits per heavy atom. The number of carboxylic acids is 1. The number of aliphatic carboxylic acids is 1. The predicted molar refractivity (Wildman–Crippen MR) is 57.4 cm³/mol. The maximum Gasteiger partial charge on any atom is 0.309 e. The Kier molecular flexibility index (Phi) is 1.67. The maximum atomic E-state index is 11.4. The van der Waals surface area contributed by atoms with E-state index >= 15 is 0 Å². The Morgan fingerprint density at radius 2 is 1.87 bits per heavy atom. The summed E-state index contributed by atoms with van der Waals surface area (Å²) in [5.74, 6) is 1.53. The highest BCUT2D eigenvalue weighted by Gasteiger charge is 2.65. The molecule has 1 unspecified atom stereocenters. The Morgan fingerprint density at radius 3 is 2.27 bits per heavy atom. The first-order valence-corrected chi connectivity index (χ1v) is 6.22. The predicted octanol–water partition coefficient (Wildman–Crippen LogP) is 2.92. The van der Waals surface area contributed by atoms with Crippen LogP contribution in [0.1, 0.15) is 46.0 Å². The molecule has 4 fully saturated rings. The van der Waals surface area contributed by atoms with Crippen molar-refractivity contribution in [1.82, 2.24) is 0 Å². The minimum atomic E-state index is -0.520. The number of hydrogen-bond donors (Lipinski definition) is 1. The lowest BCUT2D eigenvalue weighted by Crippen LogP contribution is -2.55. The average molecular weight is 208 g/mol. The summed E-state index contributed by atoms with van der Waals surface area (Å²) in [5.41, 5.74) is 0.126. The van der Waals surface area contributed by atoms with E-state index in [0.29, 0.717) is 17.3 Å². The van der Waals surface area contributed by atoms with Crippen molar-refractivity contribution < 1.29 is 9.90 Å². The minimum absolute atomic E-state index is 0.298. The molecule has 4 rings (SSSR count). The molecule has 1 N–H and O–H groups in total. The topological polar surface area (TPSA) is 37.3 Å². The summed E-state index contributed by atoms with van der Waals surface area (Å²) in [6, 6.07) is 0. The summed E-state index contributed by atoms with van der Waals surface area (Å²) in [5, 5.41) is 9.36. The third-order valence-corrected chi connectivity index (χ3v) is 5.78. The van der Waals surface area contributed by atoms with Crippen molar-refractivity contribution in [1.29, 1.82) is 0 Å². The van der Waals surface area contributed by atoms with E-state index < -0.39 is 5.97 Å². The maximum absolute atomic E-state index is 11.4. The molecule has 0 aliphatic heterocycles. The lowest BCUT2D eigenvalue weighted by atomic mass is 9.43. The van der Waals surface area contributed by atoms with Gasteiger partial charge in [0, 0.05) is 0 Å². The summed E-state index contributed by atoms with van der Waals surface area (Å²) in [7, 11) is 0. The van der Waals surface area contributed by atoms with Gasteiger partial charge in [0.2, 0.25) is 0 Å². The molecule has 4 aliphatic rings. The molecule has 0 heterocycles. The lowest BCUT2D eigenvalue weighted by Gasteiger charge is -2.61. The van der Waals surface area contributed by atoms with Gasteiger partial charge in [-0.05, 0) is 55.3 Å². The number of rotatable bonds is 2. The molecule has 0 saturated heterocycles. The van der Waals surface area contributed by atoms with Crippen molar-refractivity contribution in [2.75, 3.05) is 0 Å². The van der Waals surface area contributed by atoms with Gasteiger partial charge in [0.25, 0.3) is 0 Å². The molecular formula is C13H20O2. The van der Waals surface area contributed by atoms with Gasteiger partial charge in [-0.1, -0.05) is 13.8 Å². The minimum Gasteiger partial charge on any atom is -0.481 e. The van der Waals surface area contributed by atoms with Gasteiger partial charge in [-0.2, -0.15) is 0 Å². The number of hydrogen-bond acceptors (Lipinski definition) is 1. The van der Waals surface area contributed by atoms with Gasteiger partial charge in [0.1, 0.15) is 0 Å². The molecule has 2 nitrogen and oxygen atoms in total. The summed E-state index contributed by atoms with van der Waals surface area (Å²) in [6.45, 7) is 4.69. The van der Waals surface area contributed by atoms with Gasteiger partial charge in [0.05, 0.1) is 5.41 Å². The Hall–Kier alpha value is -0.530. The van der Waals surface area contributed by atoms with Crippen LogP contribution in [0.15, 0.2) is 0 Å². The summed E-state index contributed by atoms with van der Waals surface area (Å²) < 4.78 is 0.